The van der Waals surface area contributed by atoms with Crippen LogP contribution in [0.15, 0.2) is 41.6 Å². The van der Waals surface area contributed by atoms with Crippen LogP contribution in [0.3, 0.4) is 0 Å². The van der Waals surface area contributed by atoms with E-state index >= 15 is 0 Å². The molecule has 1 aromatic carbocycles. The monoisotopic (exact) mass is 356 g/mol. The summed E-state index contributed by atoms with van der Waals surface area (Å²) in [5.41, 5.74) is 2.32. The van der Waals surface area contributed by atoms with Gasteiger partial charge in [-0.25, -0.2) is 9.97 Å². The van der Waals surface area contributed by atoms with Crippen LogP contribution in [0, 0.1) is 0 Å². The van der Waals surface area contributed by atoms with Gasteiger partial charge in [0.25, 0.3) is 0 Å². The third kappa shape index (κ3) is 7.60. The first-order chi connectivity index (χ1) is 12.3. The van der Waals surface area contributed by atoms with E-state index in [9.17, 15) is 0 Å². The molecule has 0 N–H and O–H groups in total. The summed E-state index contributed by atoms with van der Waals surface area (Å²) >= 11 is 1.96. The van der Waals surface area contributed by atoms with Gasteiger partial charge in [-0.15, -0.1) is 11.8 Å². The predicted octanol–water partition coefficient (Wildman–Crippen LogP) is 6.94. The van der Waals surface area contributed by atoms with E-state index in [2.05, 4.69) is 48.1 Å². The Morgan fingerprint density at radius 2 is 1.40 bits per heavy atom. The van der Waals surface area contributed by atoms with E-state index in [1.807, 2.05) is 24.2 Å². The molecule has 0 amide bonds. The zero-order valence-electron chi connectivity index (χ0n) is 15.8. The quantitative estimate of drug-likeness (QED) is 0.304. The molecule has 0 spiro atoms. The van der Waals surface area contributed by atoms with Gasteiger partial charge in [-0.05, 0) is 36.3 Å². The number of hydrogen-bond acceptors (Lipinski definition) is 3. The molecular weight excluding hydrogens is 324 g/mol. The molecule has 2 rings (SSSR count). The molecule has 0 unspecified atom stereocenters. The number of benzene rings is 1. The van der Waals surface area contributed by atoms with Crippen LogP contribution in [0.25, 0.3) is 11.4 Å². The van der Waals surface area contributed by atoms with E-state index in [4.69, 9.17) is 0 Å². The van der Waals surface area contributed by atoms with Crippen molar-refractivity contribution in [2.45, 2.75) is 76.5 Å². The third-order valence-corrected chi connectivity index (χ3v) is 5.47. The van der Waals surface area contributed by atoms with Gasteiger partial charge in [0.2, 0.25) is 0 Å². The summed E-state index contributed by atoms with van der Waals surface area (Å²) in [5, 5.41) is 0. The zero-order chi connectivity index (χ0) is 17.7. The molecule has 1 aromatic heterocycles. The van der Waals surface area contributed by atoms with E-state index in [1.54, 1.807) is 0 Å². The van der Waals surface area contributed by atoms with Crippen molar-refractivity contribution in [1.29, 1.82) is 0 Å². The molecule has 0 saturated carbocycles. The van der Waals surface area contributed by atoms with E-state index in [1.165, 1.54) is 61.2 Å². The van der Waals surface area contributed by atoms with Crippen LogP contribution >= 0.6 is 11.8 Å². The summed E-state index contributed by atoms with van der Waals surface area (Å²) in [6, 6.07) is 8.68. The van der Waals surface area contributed by atoms with Crippen molar-refractivity contribution >= 4 is 11.8 Å². The van der Waals surface area contributed by atoms with Crippen LogP contribution in [-0.2, 0) is 6.42 Å². The number of rotatable bonds is 12. The summed E-state index contributed by atoms with van der Waals surface area (Å²) < 4.78 is 0. The number of hydrogen-bond donors (Lipinski definition) is 0. The molecule has 0 atom stereocenters. The van der Waals surface area contributed by atoms with E-state index in [-0.39, 0.29) is 0 Å². The molecule has 0 aliphatic rings. The van der Waals surface area contributed by atoms with Gasteiger partial charge >= 0.3 is 0 Å². The van der Waals surface area contributed by atoms with Gasteiger partial charge in [-0.3, -0.25) is 0 Å². The van der Waals surface area contributed by atoms with Crippen LogP contribution in [0.4, 0.5) is 0 Å². The Balaban J connectivity index is 1.70. The molecule has 25 heavy (non-hydrogen) atoms. The topological polar surface area (TPSA) is 25.8 Å². The van der Waals surface area contributed by atoms with Crippen LogP contribution in [0.1, 0.15) is 70.8 Å². The number of aromatic nitrogens is 2. The van der Waals surface area contributed by atoms with Gasteiger partial charge in [-0.1, -0.05) is 70.9 Å². The zero-order valence-corrected chi connectivity index (χ0v) is 16.7. The average molecular weight is 357 g/mol. The molecule has 3 heteroatoms. The maximum Gasteiger partial charge on any atom is 0.159 e. The molecule has 1 heterocycles. The first kappa shape index (κ1) is 20.0. The normalized spacial score (nSPS) is 11.0. The minimum atomic E-state index is 0.823. The second-order valence-corrected chi connectivity index (χ2v) is 7.83. The molecular formula is C22H32N2S. The minimum Gasteiger partial charge on any atom is -0.236 e. The fourth-order valence-electron chi connectivity index (χ4n) is 2.87. The van der Waals surface area contributed by atoms with Crippen molar-refractivity contribution in [3.8, 4) is 11.4 Å². The van der Waals surface area contributed by atoms with E-state index in [0.29, 0.717) is 0 Å². The summed E-state index contributed by atoms with van der Waals surface area (Å²) in [6.07, 6.45) is 15.7. The second-order valence-electron chi connectivity index (χ2n) is 6.66. The smallest absolute Gasteiger partial charge is 0.159 e. The Morgan fingerprint density at radius 1 is 0.760 bits per heavy atom. The van der Waals surface area contributed by atoms with E-state index in [0.717, 1.165) is 24.2 Å². The SMILES string of the molecule is CCCCCCCCCSc1ccc(-c2ncc(CCC)cn2)cc1. The van der Waals surface area contributed by atoms with Gasteiger partial charge in [0.15, 0.2) is 5.82 Å². The highest BCUT2D eigenvalue weighted by atomic mass is 32.2. The summed E-state index contributed by atoms with van der Waals surface area (Å²) in [7, 11) is 0. The number of thioether (sulfide) groups is 1. The summed E-state index contributed by atoms with van der Waals surface area (Å²) in [4.78, 5) is 10.3. The molecule has 2 aromatic rings. The highest BCUT2D eigenvalue weighted by molar-refractivity contribution is 7.99. The van der Waals surface area contributed by atoms with Crippen molar-refractivity contribution in [2.24, 2.45) is 0 Å². The van der Waals surface area contributed by atoms with Crippen LogP contribution in [0.2, 0.25) is 0 Å². The van der Waals surface area contributed by atoms with Gasteiger partial charge in [0, 0.05) is 22.9 Å². The lowest BCUT2D eigenvalue weighted by Crippen LogP contribution is -1.92. The number of unbranched alkanes of at least 4 members (excludes halogenated alkanes) is 6. The Morgan fingerprint density at radius 3 is 2.04 bits per heavy atom. The Hall–Kier alpha value is -1.35. The standard InChI is InChI=1S/C22H32N2S/c1-3-5-6-7-8-9-10-16-25-21-14-12-20(13-15-21)22-23-17-19(11-4-2)18-24-22/h12-15,17-18H,3-11,16H2,1-2H3. The fraction of sp³-hybridized carbons (Fsp3) is 0.545. The molecule has 2 nitrogen and oxygen atoms in total. The van der Waals surface area contributed by atoms with Crippen molar-refractivity contribution in [1.82, 2.24) is 9.97 Å². The van der Waals surface area contributed by atoms with Crippen molar-refractivity contribution in [3.63, 3.8) is 0 Å². The number of nitrogens with zero attached hydrogens (tertiary/aromatic N) is 2. The lowest BCUT2D eigenvalue weighted by Gasteiger charge is -2.05. The Labute approximate surface area is 157 Å². The Bertz CT molecular complexity index is 578. The van der Waals surface area contributed by atoms with Gasteiger partial charge in [0.1, 0.15) is 0 Å². The van der Waals surface area contributed by atoms with Crippen LogP contribution in [0.5, 0.6) is 0 Å². The van der Waals surface area contributed by atoms with Crippen LogP contribution in [-0.4, -0.2) is 15.7 Å². The molecule has 0 aliphatic carbocycles. The van der Waals surface area contributed by atoms with Crippen LogP contribution < -0.4 is 0 Å². The molecule has 0 fully saturated rings. The second kappa shape index (κ2) is 12.1. The van der Waals surface area contributed by atoms with Gasteiger partial charge in [-0.2, -0.15) is 0 Å². The van der Waals surface area contributed by atoms with Gasteiger partial charge in [0.05, 0.1) is 0 Å². The molecule has 136 valence electrons. The largest absolute Gasteiger partial charge is 0.236 e. The number of aryl methyl sites for hydroxylation is 1. The molecule has 0 saturated heterocycles. The highest BCUT2D eigenvalue weighted by Crippen LogP contribution is 2.23. The maximum atomic E-state index is 4.50. The maximum absolute atomic E-state index is 4.50. The highest BCUT2D eigenvalue weighted by Gasteiger charge is 2.02. The first-order valence-electron chi connectivity index (χ1n) is 9.87. The van der Waals surface area contributed by atoms with Gasteiger partial charge < -0.3 is 0 Å². The minimum absolute atomic E-state index is 0.823. The van der Waals surface area contributed by atoms with Crippen molar-refractivity contribution < 1.29 is 0 Å². The summed E-state index contributed by atoms with van der Waals surface area (Å²) in [5.74, 6) is 2.04. The Kier molecular flexibility index (Phi) is 9.65. The van der Waals surface area contributed by atoms with Crippen molar-refractivity contribution in [2.75, 3.05) is 5.75 Å². The first-order valence-corrected chi connectivity index (χ1v) is 10.9. The average Bonchev–Trinajstić information content (AvgIpc) is 2.65. The molecule has 0 bridgehead atoms. The van der Waals surface area contributed by atoms with E-state index < -0.39 is 0 Å². The lowest BCUT2D eigenvalue weighted by atomic mass is 10.1. The third-order valence-electron chi connectivity index (χ3n) is 4.37. The molecule has 0 aliphatic heterocycles. The summed E-state index contributed by atoms with van der Waals surface area (Å²) in [6.45, 7) is 4.45. The van der Waals surface area contributed by atoms with Crippen molar-refractivity contribution in [3.05, 3.63) is 42.2 Å². The predicted molar refractivity (Wildman–Crippen MR) is 110 cm³/mol. The lowest BCUT2D eigenvalue weighted by molar-refractivity contribution is 0.603. The molecule has 0 radical (unpaired) electrons. The fourth-order valence-corrected chi connectivity index (χ4v) is 3.78.